The summed E-state index contributed by atoms with van der Waals surface area (Å²) in [4.78, 5) is 7.55. The summed E-state index contributed by atoms with van der Waals surface area (Å²) in [5, 5.41) is 7.29. The summed E-state index contributed by atoms with van der Waals surface area (Å²) in [5.74, 6) is 0.533. The van der Waals surface area contributed by atoms with E-state index < -0.39 is 24.7 Å². The van der Waals surface area contributed by atoms with Gasteiger partial charge in [0.05, 0.1) is 5.01 Å². The molecule has 0 saturated carbocycles. The molecule has 1 aromatic heterocycles. The van der Waals surface area contributed by atoms with Gasteiger partial charge in [-0.2, -0.15) is 26.3 Å². The standard InChI is InChI=1S/C17H18F6N4OS/c1-24-15(25-7-6-14-27-13(9-29-14)17(21,22)23)26-8-11-2-4-12(5-3-11)28-10-16(18,19)20/h2-5,9H,6-8,10H2,1H3,(H2,24,25,26). The minimum Gasteiger partial charge on any atom is -0.484 e. The van der Waals surface area contributed by atoms with Crippen LogP contribution in [0, 0.1) is 0 Å². The molecule has 0 unspecified atom stereocenters. The highest BCUT2D eigenvalue weighted by atomic mass is 32.1. The molecule has 0 amide bonds. The number of ether oxygens (including phenoxy) is 1. The van der Waals surface area contributed by atoms with Crippen molar-refractivity contribution >= 4 is 17.3 Å². The maximum atomic E-state index is 12.5. The smallest absolute Gasteiger partial charge is 0.434 e. The molecule has 29 heavy (non-hydrogen) atoms. The second-order valence-electron chi connectivity index (χ2n) is 5.77. The van der Waals surface area contributed by atoms with Crippen LogP contribution in [0.15, 0.2) is 34.6 Å². The molecule has 160 valence electrons. The van der Waals surface area contributed by atoms with Crippen LogP contribution in [-0.2, 0) is 19.1 Å². The average molecular weight is 440 g/mol. The first-order valence-electron chi connectivity index (χ1n) is 8.31. The van der Waals surface area contributed by atoms with Crippen LogP contribution in [0.25, 0.3) is 0 Å². The summed E-state index contributed by atoms with van der Waals surface area (Å²) in [6.45, 7) is -0.686. The quantitative estimate of drug-likeness (QED) is 0.388. The summed E-state index contributed by atoms with van der Waals surface area (Å²) >= 11 is 0.939. The van der Waals surface area contributed by atoms with E-state index in [1.54, 1.807) is 12.1 Å². The summed E-state index contributed by atoms with van der Waals surface area (Å²) < 4.78 is 78.6. The number of thiazole rings is 1. The topological polar surface area (TPSA) is 58.5 Å². The molecule has 1 heterocycles. The lowest BCUT2D eigenvalue weighted by Gasteiger charge is -2.12. The van der Waals surface area contributed by atoms with Crippen molar-refractivity contribution in [3.8, 4) is 5.75 Å². The van der Waals surface area contributed by atoms with Crippen molar-refractivity contribution in [2.24, 2.45) is 4.99 Å². The van der Waals surface area contributed by atoms with Crippen LogP contribution in [0.5, 0.6) is 5.75 Å². The molecule has 2 aromatic rings. The van der Waals surface area contributed by atoms with E-state index in [1.807, 2.05) is 0 Å². The zero-order chi connectivity index (χ0) is 21.5. The minimum atomic E-state index is -4.45. The molecule has 0 radical (unpaired) electrons. The molecular formula is C17H18F6N4OS. The van der Waals surface area contributed by atoms with Gasteiger partial charge in [-0.05, 0) is 17.7 Å². The Balaban J connectivity index is 1.75. The van der Waals surface area contributed by atoms with Gasteiger partial charge in [-0.25, -0.2) is 4.98 Å². The molecule has 12 heteroatoms. The molecule has 0 saturated heterocycles. The molecule has 0 aliphatic carbocycles. The van der Waals surface area contributed by atoms with Crippen molar-refractivity contribution in [2.45, 2.75) is 25.3 Å². The Morgan fingerprint density at radius 3 is 2.34 bits per heavy atom. The van der Waals surface area contributed by atoms with Crippen LogP contribution in [0.2, 0.25) is 0 Å². The lowest BCUT2D eigenvalue weighted by atomic mass is 10.2. The third-order valence-corrected chi connectivity index (χ3v) is 4.39. The number of aromatic nitrogens is 1. The molecule has 1 aromatic carbocycles. The van der Waals surface area contributed by atoms with Crippen molar-refractivity contribution in [3.05, 3.63) is 45.9 Å². The first-order valence-corrected chi connectivity index (χ1v) is 9.19. The Labute approximate surface area is 166 Å². The Bertz CT molecular complexity index is 801. The largest absolute Gasteiger partial charge is 0.484 e. The summed E-state index contributed by atoms with van der Waals surface area (Å²) in [6, 6.07) is 6.08. The Morgan fingerprint density at radius 2 is 1.79 bits per heavy atom. The number of hydrogen-bond acceptors (Lipinski definition) is 4. The highest BCUT2D eigenvalue weighted by Crippen LogP contribution is 2.30. The predicted molar refractivity (Wildman–Crippen MR) is 97.0 cm³/mol. The van der Waals surface area contributed by atoms with Crippen LogP contribution < -0.4 is 15.4 Å². The Hall–Kier alpha value is -2.50. The summed E-state index contributed by atoms with van der Waals surface area (Å²) in [5.41, 5.74) is -0.121. The number of halogens is 6. The Morgan fingerprint density at radius 1 is 1.10 bits per heavy atom. The second kappa shape index (κ2) is 9.81. The van der Waals surface area contributed by atoms with E-state index in [0.717, 1.165) is 22.3 Å². The van der Waals surface area contributed by atoms with Crippen molar-refractivity contribution in [3.63, 3.8) is 0 Å². The molecule has 0 fully saturated rings. The number of alkyl halides is 6. The normalized spacial score (nSPS) is 12.7. The van der Waals surface area contributed by atoms with Gasteiger partial charge in [0.15, 0.2) is 18.3 Å². The number of aliphatic imine (C=N–C) groups is 1. The van der Waals surface area contributed by atoms with E-state index in [4.69, 9.17) is 0 Å². The maximum absolute atomic E-state index is 12.5. The highest BCUT2D eigenvalue weighted by Gasteiger charge is 2.33. The van der Waals surface area contributed by atoms with Gasteiger partial charge in [0.1, 0.15) is 5.75 Å². The molecule has 5 nitrogen and oxygen atoms in total. The van der Waals surface area contributed by atoms with Crippen molar-refractivity contribution < 1.29 is 31.1 Å². The van der Waals surface area contributed by atoms with Crippen molar-refractivity contribution in [1.82, 2.24) is 15.6 Å². The molecule has 0 aliphatic rings. The molecular weight excluding hydrogens is 422 g/mol. The van der Waals surface area contributed by atoms with Crippen LogP contribution in [0.3, 0.4) is 0 Å². The molecule has 0 aliphatic heterocycles. The number of guanidine groups is 1. The molecule has 2 rings (SSSR count). The predicted octanol–water partition coefficient (Wildman–Crippen LogP) is 4.01. The van der Waals surface area contributed by atoms with Crippen molar-refractivity contribution in [2.75, 3.05) is 20.2 Å². The van der Waals surface area contributed by atoms with E-state index in [0.29, 0.717) is 30.5 Å². The number of benzene rings is 1. The number of nitrogens with one attached hydrogen (secondary N) is 2. The fourth-order valence-electron chi connectivity index (χ4n) is 2.12. The third-order valence-electron chi connectivity index (χ3n) is 3.48. The monoisotopic (exact) mass is 440 g/mol. The average Bonchev–Trinajstić information content (AvgIpc) is 3.12. The number of nitrogens with zero attached hydrogens (tertiary/aromatic N) is 2. The van der Waals surface area contributed by atoms with Gasteiger partial charge in [-0.1, -0.05) is 12.1 Å². The van der Waals surface area contributed by atoms with Gasteiger partial charge in [0, 0.05) is 31.9 Å². The van der Waals surface area contributed by atoms with Gasteiger partial charge < -0.3 is 15.4 Å². The van der Waals surface area contributed by atoms with Gasteiger partial charge >= 0.3 is 12.4 Å². The van der Waals surface area contributed by atoms with Crippen molar-refractivity contribution in [1.29, 1.82) is 0 Å². The Kier molecular flexibility index (Phi) is 7.71. The zero-order valence-corrected chi connectivity index (χ0v) is 16.0. The first kappa shape index (κ1) is 22.8. The van der Waals surface area contributed by atoms with Crippen LogP contribution in [0.1, 0.15) is 16.3 Å². The zero-order valence-electron chi connectivity index (χ0n) is 15.2. The fraction of sp³-hybridized carbons (Fsp3) is 0.412. The molecule has 0 bridgehead atoms. The van der Waals surface area contributed by atoms with Gasteiger partial charge in [-0.3, -0.25) is 4.99 Å². The first-order chi connectivity index (χ1) is 13.6. The second-order valence-corrected chi connectivity index (χ2v) is 6.72. The van der Waals surface area contributed by atoms with Crippen LogP contribution in [-0.4, -0.2) is 37.3 Å². The summed E-state index contributed by atoms with van der Waals surface area (Å²) in [6.07, 6.45) is -8.55. The SMILES string of the molecule is CN=C(NCCc1nc(C(F)(F)F)cs1)NCc1ccc(OCC(F)(F)F)cc1. The minimum absolute atomic E-state index is 0.107. The van der Waals surface area contributed by atoms with E-state index in [1.165, 1.54) is 19.2 Å². The van der Waals surface area contributed by atoms with Gasteiger partial charge in [-0.15, -0.1) is 11.3 Å². The van der Waals surface area contributed by atoms with Crippen LogP contribution in [0.4, 0.5) is 26.3 Å². The maximum Gasteiger partial charge on any atom is 0.434 e. The van der Waals surface area contributed by atoms with E-state index in [-0.39, 0.29) is 5.75 Å². The van der Waals surface area contributed by atoms with E-state index >= 15 is 0 Å². The van der Waals surface area contributed by atoms with E-state index in [9.17, 15) is 26.3 Å². The van der Waals surface area contributed by atoms with Gasteiger partial charge in [0.2, 0.25) is 0 Å². The third kappa shape index (κ3) is 8.18. The number of hydrogen-bond donors (Lipinski definition) is 2. The molecule has 0 spiro atoms. The van der Waals surface area contributed by atoms with Gasteiger partial charge in [0.25, 0.3) is 0 Å². The highest BCUT2D eigenvalue weighted by molar-refractivity contribution is 7.09. The molecule has 0 atom stereocenters. The number of rotatable bonds is 7. The van der Waals surface area contributed by atoms with E-state index in [2.05, 4.69) is 25.3 Å². The van der Waals surface area contributed by atoms with Crippen LogP contribution >= 0.6 is 11.3 Å². The fourth-order valence-corrected chi connectivity index (χ4v) is 2.92. The summed E-state index contributed by atoms with van der Waals surface area (Å²) in [7, 11) is 1.54. The lowest BCUT2D eigenvalue weighted by molar-refractivity contribution is -0.153. The molecule has 2 N–H and O–H groups in total. The lowest BCUT2D eigenvalue weighted by Crippen LogP contribution is -2.37.